The van der Waals surface area contributed by atoms with Crippen molar-refractivity contribution in [2.24, 2.45) is 5.92 Å². The Balaban J connectivity index is 1.76. The summed E-state index contributed by atoms with van der Waals surface area (Å²) >= 11 is 0. The number of methoxy groups -OCH3 is 1. The zero-order valence-electron chi connectivity index (χ0n) is 45.4. The van der Waals surface area contributed by atoms with Gasteiger partial charge in [0.05, 0.1) is 106 Å². The topological polar surface area (TPSA) is 339 Å². The number of ether oxygens (including phenoxy) is 11. The van der Waals surface area contributed by atoms with E-state index in [1.807, 2.05) is 0 Å². The van der Waals surface area contributed by atoms with Crippen molar-refractivity contribution in [1.29, 1.82) is 0 Å². The Labute approximate surface area is 454 Å². The summed E-state index contributed by atoms with van der Waals surface area (Å²) < 4.78 is 57.9. The van der Waals surface area contributed by atoms with Gasteiger partial charge in [0.2, 0.25) is 35.6 Å². The van der Waals surface area contributed by atoms with E-state index < -0.39 is 83.6 Å². The number of benzene rings is 1. The van der Waals surface area contributed by atoms with Crippen LogP contribution in [0.15, 0.2) is 36.4 Å². The first-order valence-electron chi connectivity index (χ1n) is 25.8. The van der Waals surface area contributed by atoms with Crippen LogP contribution in [0.25, 0.3) is 0 Å². The van der Waals surface area contributed by atoms with Crippen LogP contribution in [0, 0.1) is 5.92 Å². The highest BCUT2D eigenvalue weighted by Gasteiger charge is 2.30. The van der Waals surface area contributed by atoms with Gasteiger partial charge in [-0.3, -0.25) is 38.5 Å². The van der Waals surface area contributed by atoms with Gasteiger partial charge in [-0.25, -0.2) is 9.59 Å². The van der Waals surface area contributed by atoms with Crippen molar-refractivity contribution in [3.63, 3.8) is 0 Å². The molecule has 0 saturated heterocycles. The second kappa shape index (κ2) is 41.9. The summed E-state index contributed by atoms with van der Waals surface area (Å²) in [4.78, 5) is 115. The number of aliphatic hydroxyl groups is 1. The first kappa shape index (κ1) is 67.9. The van der Waals surface area contributed by atoms with Gasteiger partial charge in [0.1, 0.15) is 31.3 Å². The van der Waals surface area contributed by atoms with Crippen molar-refractivity contribution >= 4 is 59.2 Å². The zero-order valence-corrected chi connectivity index (χ0v) is 45.4. The maximum atomic E-state index is 13.4. The quantitative estimate of drug-likeness (QED) is 0.0277. The lowest BCUT2D eigenvalue weighted by molar-refractivity contribution is -0.156. The van der Waals surface area contributed by atoms with E-state index in [-0.39, 0.29) is 78.4 Å². The van der Waals surface area contributed by atoms with Gasteiger partial charge in [-0.05, 0) is 43.4 Å². The van der Waals surface area contributed by atoms with Gasteiger partial charge < -0.3 is 83.8 Å². The molecule has 0 spiro atoms. The van der Waals surface area contributed by atoms with E-state index in [1.165, 1.54) is 19.1 Å². The number of hydrogen-bond donors (Lipinski definition) is 6. The van der Waals surface area contributed by atoms with Crippen molar-refractivity contribution in [2.75, 3.05) is 138 Å². The first-order chi connectivity index (χ1) is 37.6. The van der Waals surface area contributed by atoms with Gasteiger partial charge in [-0.2, -0.15) is 0 Å². The molecule has 1 aromatic rings. The molecule has 1 heterocycles. The molecule has 1 unspecified atom stereocenters. The van der Waals surface area contributed by atoms with E-state index in [0.29, 0.717) is 90.5 Å². The molecule has 27 heteroatoms. The monoisotopic (exact) mass is 1110 g/mol. The Kier molecular flexibility index (Phi) is 36.5. The summed E-state index contributed by atoms with van der Waals surface area (Å²) in [7, 11) is 1.62. The van der Waals surface area contributed by atoms with Gasteiger partial charge in [-0.15, -0.1) is 0 Å². The van der Waals surface area contributed by atoms with Crippen LogP contribution in [0.5, 0.6) is 0 Å². The first-order valence-corrected chi connectivity index (χ1v) is 25.8. The molecule has 6 N–H and O–H groups in total. The number of carbonyl (C=O) groups excluding carboxylic acids is 9. The summed E-state index contributed by atoms with van der Waals surface area (Å²) in [6.45, 7) is 11.2. The van der Waals surface area contributed by atoms with Gasteiger partial charge in [0.25, 0.3) is 11.8 Å². The molecule has 2 rings (SSSR count). The standard InChI is InChI=1S/C51H80N6O21/c1-6-41(50(66)76-20-18-58)78-51(67)77-35-38-7-9-39(10-8-38)54-47(63)37(4)53-49(65)46(36(2)3)56-42(59)12-11-40(55-43(60)15-17-57-44(61)13-14-45(57)62)48(64)52-16-19-69-23-24-71-27-28-73-31-32-75-34-33-74-30-29-72-26-25-70-22-21-68-5/h7-10,13-14,36-37,40-41,46,58H,6,11-12,15-35H2,1-5H3,(H,52,64)(H,53,65)(H,54,63)(H,55,60)(H,56,59)/t37-,40-,41?,46-/m0/s1. The molecular weight excluding hydrogens is 1030 g/mol. The number of nitrogens with zero attached hydrogens (tertiary/aromatic N) is 1. The number of esters is 1. The number of anilines is 1. The van der Waals surface area contributed by atoms with Crippen LogP contribution in [-0.4, -0.2) is 220 Å². The predicted molar refractivity (Wildman–Crippen MR) is 275 cm³/mol. The largest absolute Gasteiger partial charge is 0.509 e. The van der Waals surface area contributed by atoms with E-state index in [9.17, 15) is 43.2 Å². The van der Waals surface area contributed by atoms with E-state index in [4.69, 9.17) is 57.2 Å². The van der Waals surface area contributed by atoms with Crippen LogP contribution >= 0.6 is 0 Å². The lowest BCUT2D eigenvalue weighted by atomic mass is 10.0. The van der Waals surface area contributed by atoms with Crippen LogP contribution in [0.4, 0.5) is 10.5 Å². The zero-order chi connectivity index (χ0) is 57.3. The molecular formula is C51H80N6O21. The molecule has 0 radical (unpaired) electrons. The Bertz CT molecular complexity index is 1970. The minimum absolute atomic E-state index is 0.0435. The molecule has 0 aromatic heterocycles. The highest BCUT2D eigenvalue weighted by Crippen LogP contribution is 2.13. The fourth-order valence-corrected chi connectivity index (χ4v) is 6.52. The average molecular weight is 1110 g/mol. The number of rotatable bonds is 45. The fraction of sp³-hybridized carbons (Fsp3) is 0.667. The molecule has 0 saturated carbocycles. The Morgan fingerprint density at radius 2 is 1.12 bits per heavy atom. The normalized spacial score (nSPS) is 13.6. The molecule has 1 aromatic carbocycles. The van der Waals surface area contributed by atoms with E-state index in [1.54, 1.807) is 40.0 Å². The molecule has 27 nitrogen and oxygen atoms in total. The van der Waals surface area contributed by atoms with Crippen molar-refractivity contribution < 1.29 is 100 Å². The van der Waals surface area contributed by atoms with E-state index in [0.717, 1.165) is 17.1 Å². The molecule has 78 heavy (non-hydrogen) atoms. The summed E-state index contributed by atoms with van der Waals surface area (Å²) in [5.41, 5.74) is 0.870. The number of carbonyl (C=O) groups is 9. The molecule has 440 valence electrons. The lowest BCUT2D eigenvalue weighted by Gasteiger charge is -2.24. The summed E-state index contributed by atoms with van der Waals surface area (Å²) in [5, 5.41) is 22.0. The number of nitrogens with one attached hydrogen (secondary N) is 5. The Hall–Kier alpha value is -6.17. The minimum atomic E-state index is -1.23. The second-order valence-corrected chi connectivity index (χ2v) is 17.3. The van der Waals surface area contributed by atoms with Crippen LogP contribution in [-0.2, 0) is 97.1 Å². The van der Waals surface area contributed by atoms with Crippen molar-refractivity contribution in [3.8, 4) is 0 Å². The van der Waals surface area contributed by atoms with Gasteiger partial charge in [0.15, 0.2) is 0 Å². The number of aliphatic hydroxyl groups excluding tert-OH is 1. The molecule has 0 fully saturated rings. The van der Waals surface area contributed by atoms with Crippen molar-refractivity contribution in [1.82, 2.24) is 26.2 Å². The average Bonchev–Trinajstić information content (AvgIpc) is 3.75. The SMILES string of the molecule is CCC(OC(=O)OCc1ccc(NC(=O)[C@H](C)NC(=O)[C@@H](NC(=O)CC[C@H](NC(=O)CCN2C(=O)C=CC2=O)C(=O)NCCOCCOCCOCCOCCOCCOCCOCCOC)C(C)C)cc1)C(=O)OCCO. The molecule has 4 atom stereocenters. The third-order valence-electron chi connectivity index (χ3n) is 10.8. The molecule has 7 amide bonds. The van der Waals surface area contributed by atoms with E-state index in [2.05, 4.69) is 26.6 Å². The van der Waals surface area contributed by atoms with Crippen LogP contribution < -0.4 is 26.6 Å². The van der Waals surface area contributed by atoms with Crippen molar-refractivity contribution in [3.05, 3.63) is 42.0 Å². The van der Waals surface area contributed by atoms with E-state index >= 15 is 0 Å². The Morgan fingerprint density at radius 1 is 0.603 bits per heavy atom. The minimum Gasteiger partial charge on any atom is -0.461 e. The van der Waals surface area contributed by atoms with Crippen LogP contribution in [0.1, 0.15) is 58.9 Å². The summed E-state index contributed by atoms with van der Waals surface area (Å²) in [6, 6.07) is 2.79. The van der Waals surface area contributed by atoms with Gasteiger partial charge in [0, 0.05) is 50.9 Å². The highest BCUT2D eigenvalue weighted by atomic mass is 16.7. The molecule has 0 bridgehead atoms. The Morgan fingerprint density at radius 3 is 1.62 bits per heavy atom. The number of imide groups is 1. The molecule has 1 aliphatic rings. The third kappa shape index (κ3) is 30.7. The second-order valence-electron chi connectivity index (χ2n) is 17.3. The highest BCUT2D eigenvalue weighted by molar-refractivity contribution is 6.13. The molecule has 1 aliphatic heterocycles. The fourth-order valence-electron chi connectivity index (χ4n) is 6.52. The van der Waals surface area contributed by atoms with Gasteiger partial charge in [-0.1, -0.05) is 32.9 Å². The molecule has 0 aliphatic carbocycles. The number of amides is 7. The predicted octanol–water partition coefficient (Wildman–Crippen LogP) is -0.303. The third-order valence-corrected chi connectivity index (χ3v) is 10.8. The lowest BCUT2D eigenvalue weighted by Crippen LogP contribution is -2.54. The smallest absolute Gasteiger partial charge is 0.461 e. The van der Waals surface area contributed by atoms with Gasteiger partial charge >= 0.3 is 12.1 Å². The number of hydrogen-bond acceptors (Lipinski definition) is 21. The van der Waals surface area contributed by atoms with Crippen LogP contribution in [0.3, 0.4) is 0 Å². The summed E-state index contributed by atoms with van der Waals surface area (Å²) in [5.74, 6) is -5.60. The maximum Gasteiger partial charge on any atom is 0.509 e. The maximum absolute atomic E-state index is 13.4. The van der Waals surface area contributed by atoms with Crippen LogP contribution in [0.2, 0.25) is 0 Å². The summed E-state index contributed by atoms with van der Waals surface area (Å²) in [6.07, 6.45) is -0.851. The van der Waals surface area contributed by atoms with Crippen molar-refractivity contribution in [2.45, 2.75) is 84.2 Å².